The molecule has 0 amide bonds. The summed E-state index contributed by atoms with van der Waals surface area (Å²) in [7, 11) is 7.38. The van der Waals surface area contributed by atoms with Crippen molar-refractivity contribution in [2.45, 2.75) is 52.2 Å². The molecule has 0 fully saturated rings. The molecule has 0 aromatic heterocycles. The zero-order valence-electron chi connectivity index (χ0n) is 11.5. The van der Waals surface area contributed by atoms with E-state index in [9.17, 15) is 0 Å². The third-order valence-corrected chi connectivity index (χ3v) is 2.34. The van der Waals surface area contributed by atoms with E-state index >= 15 is 0 Å². The summed E-state index contributed by atoms with van der Waals surface area (Å²) in [6, 6.07) is 0. The molecule has 0 atom stereocenters. The lowest BCUT2D eigenvalue weighted by atomic mass is 9.90. The van der Waals surface area contributed by atoms with E-state index in [0.29, 0.717) is 0 Å². The van der Waals surface area contributed by atoms with Gasteiger partial charge < -0.3 is 15.5 Å². The average Bonchev–Trinajstić information content (AvgIpc) is 2.02. The molecular formula is C12H26BNO2. The second kappa shape index (κ2) is 7.88. The molecule has 0 aliphatic heterocycles. The molecule has 0 aliphatic carbocycles. The van der Waals surface area contributed by atoms with Crippen LogP contribution in [0.4, 0.5) is 0 Å². The largest absolute Gasteiger partial charge is 0.387 e. The standard InChI is InChI=1S/C6H12BN.C6H14O2/c1-3-4-6(7)5-8-2;1-5(2,7)6(3,4)8/h4,8H,3,5H2,1-2H3;7-8H,1-4H3/b6-4+;. The van der Waals surface area contributed by atoms with E-state index in [-0.39, 0.29) is 0 Å². The van der Waals surface area contributed by atoms with Crippen molar-refractivity contribution in [3.05, 3.63) is 11.5 Å². The smallest absolute Gasteiger partial charge is 0.109 e. The lowest BCUT2D eigenvalue weighted by Gasteiger charge is -2.31. The molecule has 4 heteroatoms. The summed E-state index contributed by atoms with van der Waals surface area (Å²) in [6.45, 7) is 9.18. The molecule has 0 heterocycles. The molecule has 2 radical (unpaired) electrons. The maximum atomic E-state index is 9.10. The quantitative estimate of drug-likeness (QED) is 0.632. The highest BCUT2D eigenvalue weighted by Gasteiger charge is 2.31. The third kappa shape index (κ3) is 10.2. The number of aliphatic hydroxyl groups is 2. The van der Waals surface area contributed by atoms with Gasteiger partial charge in [0, 0.05) is 6.54 Å². The van der Waals surface area contributed by atoms with Crippen LogP contribution in [0.3, 0.4) is 0 Å². The second-order valence-corrected chi connectivity index (χ2v) is 4.84. The van der Waals surface area contributed by atoms with Crippen molar-refractivity contribution in [3.63, 3.8) is 0 Å². The van der Waals surface area contributed by atoms with E-state index in [0.717, 1.165) is 18.4 Å². The van der Waals surface area contributed by atoms with Gasteiger partial charge in [0.2, 0.25) is 0 Å². The van der Waals surface area contributed by atoms with E-state index in [4.69, 9.17) is 18.1 Å². The molecule has 3 N–H and O–H groups in total. The molecule has 0 saturated carbocycles. The molecule has 0 rings (SSSR count). The van der Waals surface area contributed by atoms with Gasteiger partial charge in [0.1, 0.15) is 7.85 Å². The molecule has 3 nitrogen and oxygen atoms in total. The first-order chi connectivity index (χ1) is 7.06. The summed E-state index contributed by atoms with van der Waals surface area (Å²) in [5.41, 5.74) is -1.09. The Bertz CT molecular complexity index is 190. The van der Waals surface area contributed by atoms with Crippen LogP contribution in [0.2, 0.25) is 0 Å². The molecule has 0 saturated heterocycles. The van der Waals surface area contributed by atoms with Crippen LogP contribution >= 0.6 is 0 Å². The number of hydrogen-bond donors (Lipinski definition) is 3. The van der Waals surface area contributed by atoms with Crippen LogP contribution in [0.15, 0.2) is 11.5 Å². The van der Waals surface area contributed by atoms with Gasteiger partial charge >= 0.3 is 0 Å². The molecule has 16 heavy (non-hydrogen) atoms. The first-order valence-corrected chi connectivity index (χ1v) is 5.60. The fourth-order valence-corrected chi connectivity index (χ4v) is 0.538. The van der Waals surface area contributed by atoms with Crippen LogP contribution in [0, 0.1) is 0 Å². The van der Waals surface area contributed by atoms with Crippen molar-refractivity contribution >= 4 is 7.85 Å². The number of likely N-dealkylation sites (N-methyl/N-ethyl adjacent to an activating group) is 1. The summed E-state index contributed by atoms with van der Waals surface area (Å²) in [4.78, 5) is 0. The van der Waals surface area contributed by atoms with Crippen molar-refractivity contribution in [1.82, 2.24) is 5.32 Å². The normalized spacial score (nSPS) is 13.1. The van der Waals surface area contributed by atoms with Crippen LogP contribution in [0.1, 0.15) is 41.0 Å². The summed E-state index contributed by atoms with van der Waals surface area (Å²) < 4.78 is 0. The Morgan fingerprint density at radius 3 is 1.75 bits per heavy atom. The van der Waals surface area contributed by atoms with Crippen LogP contribution < -0.4 is 5.32 Å². The van der Waals surface area contributed by atoms with Crippen LogP contribution in [0.25, 0.3) is 0 Å². The Kier molecular flexibility index (Phi) is 8.89. The highest BCUT2D eigenvalue weighted by molar-refractivity contribution is 6.21. The lowest BCUT2D eigenvalue weighted by molar-refractivity contribution is -0.107. The predicted molar refractivity (Wildman–Crippen MR) is 70.7 cm³/mol. The summed E-state index contributed by atoms with van der Waals surface area (Å²) in [6.07, 6.45) is 3.03. The van der Waals surface area contributed by atoms with Gasteiger partial charge in [0.05, 0.1) is 11.2 Å². The van der Waals surface area contributed by atoms with E-state index in [1.165, 1.54) is 0 Å². The summed E-state index contributed by atoms with van der Waals surface area (Å²) in [5, 5.41) is 21.2. The minimum Gasteiger partial charge on any atom is -0.387 e. The number of hydrogen-bond acceptors (Lipinski definition) is 3. The molecule has 0 bridgehead atoms. The van der Waals surface area contributed by atoms with Crippen molar-refractivity contribution in [2.75, 3.05) is 13.6 Å². The Hall–Kier alpha value is -0.315. The molecule has 0 spiro atoms. The monoisotopic (exact) mass is 227 g/mol. The highest BCUT2D eigenvalue weighted by Crippen LogP contribution is 2.19. The molecule has 94 valence electrons. The Balaban J connectivity index is 0. The van der Waals surface area contributed by atoms with E-state index < -0.39 is 11.2 Å². The third-order valence-electron chi connectivity index (χ3n) is 2.34. The fraction of sp³-hybridized carbons (Fsp3) is 0.833. The Morgan fingerprint density at radius 2 is 1.56 bits per heavy atom. The zero-order chi connectivity index (χ0) is 13.4. The van der Waals surface area contributed by atoms with Gasteiger partial charge in [0.25, 0.3) is 0 Å². The fourth-order valence-electron chi connectivity index (χ4n) is 0.538. The zero-order valence-corrected chi connectivity index (χ0v) is 11.5. The van der Waals surface area contributed by atoms with Crippen molar-refractivity contribution in [3.8, 4) is 0 Å². The number of nitrogens with one attached hydrogen (secondary N) is 1. The Morgan fingerprint density at radius 1 is 1.19 bits per heavy atom. The van der Waals surface area contributed by atoms with E-state index in [2.05, 4.69) is 12.2 Å². The van der Waals surface area contributed by atoms with Gasteiger partial charge in [-0.25, -0.2) is 0 Å². The summed E-state index contributed by atoms with van der Waals surface area (Å²) >= 11 is 0. The van der Waals surface area contributed by atoms with Crippen LogP contribution in [-0.2, 0) is 0 Å². The minimum atomic E-state index is -1.01. The maximum Gasteiger partial charge on any atom is 0.109 e. The number of rotatable bonds is 4. The second-order valence-electron chi connectivity index (χ2n) is 4.84. The maximum absolute atomic E-state index is 9.10. The average molecular weight is 227 g/mol. The molecule has 0 aromatic carbocycles. The number of allylic oxidation sites excluding steroid dienone is 1. The minimum absolute atomic E-state index is 0.799. The SMILES string of the molecule is CC(C)(O)C(C)(C)O.[B]/C(=C/CC)CNC. The molecule has 0 unspecified atom stereocenters. The Labute approximate surface area is 101 Å². The van der Waals surface area contributed by atoms with Crippen molar-refractivity contribution < 1.29 is 10.2 Å². The van der Waals surface area contributed by atoms with Crippen molar-refractivity contribution in [2.24, 2.45) is 0 Å². The highest BCUT2D eigenvalue weighted by atomic mass is 16.3. The molecular weight excluding hydrogens is 201 g/mol. The van der Waals surface area contributed by atoms with Gasteiger partial charge in [-0.15, -0.1) is 5.47 Å². The van der Waals surface area contributed by atoms with E-state index in [1.54, 1.807) is 27.7 Å². The van der Waals surface area contributed by atoms with Gasteiger partial charge in [-0.2, -0.15) is 0 Å². The van der Waals surface area contributed by atoms with Gasteiger partial charge in [0.15, 0.2) is 0 Å². The first kappa shape index (κ1) is 18.1. The van der Waals surface area contributed by atoms with Gasteiger partial charge in [-0.05, 0) is 41.2 Å². The van der Waals surface area contributed by atoms with E-state index in [1.807, 2.05) is 13.1 Å². The van der Waals surface area contributed by atoms with Gasteiger partial charge in [-0.3, -0.25) is 0 Å². The lowest BCUT2D eigenvalue weighted by Crippen LogP contribution is -2.44. The molecule has 0 aromatic rings. The van der Waals surface area contributed by atoms with Crippen LogP contribution in [0.5, 0.6) is 0 Å². The van der Waals surface area contributed by atoms with Crippen LogP contribution in [-0.4, -0.2) is 42.9 Å². The van der Waals surface area contributed by atoms with Crippen molar-refractivity contribution in [1.29, 1.82) is 0 Å². The van der Waals surface area contributed by atoms with Gasteiger partial charge in [-0.1, -0.05) is 13.0 Å². The summed E-state index contributed by atoms with van der Waals surface area (Å²) in [5.74, 6) is 0. The topological polar surface area (TPSA) is 52.5 Å². The first-order valence-electron chi connectivity index (χ1n) is 5.60. The predicted octanol–water partition coefficient (Wildman–Crippen LogP) is 1.20. The molecule has 0 aliphatic rings.